The van der Waals surface area contributed by atoms with Gasteiger partial charge in [0.15, 0.2) is 0 Å². The second kappa shape index (κ2) is 50.2. The van der Waals surface area contributed by atoms with Gasteiger partial charge in [-0.25, -0.2) is 4.57 Å². The van der Waals surface area contributed by atoms with Gasteiger partial charge in [-0.3, -0.25) is 13.8 Å². The summed E-state index contributed by atoms with van der Waals surface area (Å²) in [5.74, 6) is -0.188. The van der Waals surface area contributed by atoms with E-state index in [9.17, 15) is 19.4 Å². The van der Waals surface area contributed by atoms with Crippen LogP contribution in [0.15, 0.2) is 60.8 Å². The lowest BCUT2D eigenvalue weighted by Gasteiger charge is -2.25. The lowest BCUT2D eigenvalue weighted by molar-refractivity contribution is -0.870. The second-order valence-electron chi connectivity index (χ2n) is 20.7. The molecule has 0 rings (SSSR count). The van der Waals surface area contributed by atoms with Crippen LogP contribution in [0.5, 0.6) is 0 Å². The number of amides is 1. The summed E-state index contributed by atoms with van der Waals surface area (Å²) in [6.45, 7) is 4.73. The molecule has 398 valence electrons. The van der Waals surface area contributed by atoms with Crippen LogP contribution in [0.2, 0.25) is 0 Å². The Kier molecular flexibility index (Phi) is 48.8. The van der Waals surface area contributed by atoms with Crippen molar-refractivity contribution in [3.05, 3.63) is 60.8 Å². The van der Waals surface area contributed by atoms with Crippen molar-refractivity contribution in [3.8, 4) is 0 Å². The monoisotopic (exact) mass is 976 g/mol. The number of aliphatic hydroxyl groups is 1. The van der Waals surface area contributed by atoms with E-state index in [0.717, 1.165) is 51.4 Å². The van der Waals surface area contributed by atoms with Crippen LogP contribution in [-0.2, 0) is 18.4 Å². The number of likely N-dealkylation sites (N-methyl/N-ethyl adjacent to an activating group) is 1. The van der Waals surface area contributed by atoms with Gasteiger partial charge in [0.2, 0.25) is 5.91 Å². The number of hydrogen-bond acceptors (Lipinski definition) is 5. The predicted octanol–water partition coefficient (Wildman–Crippen LogP) is 17.3. The molecule has 0 fully saturated rings. The van der Waals surface area contributed by atoms with Crippen molar-refractivity contribution in [1.29, 1.82) is 0 Å². The normalized spacial score (nSPS) is 14.4. The van der Waals surface area contributed by atoms with Gasteiger partial charge >= 0.3 is 7.82 Å². The summed E-state index contributed by atoms with van der Waals surface area (Å²) in [5.41, 5.74) is 0. The molecule has 0 saturated carbocycles. The van der Waals surface area contributed by atoms with E-state index in [1.165, 1.54) is 186 Å². The van der Waals surface area contributed by atoms with Crippen molar-refractivity contribution in [2.45, 2.75) is 270 Å². The van der Waals surface area contributed by atoms with Crippen LogP contribution in [-0.4, -0.2) is 73.4 Å². The van der Waals surface area contributed by atoms with Crippen LogP contribution in [0.1, 0.15) is 258 Å². The zero-order chi connectivity index (χ0) is 49.9. The first-order chi connectivity index (χ1) is 33.0. The molecule has 0 aromatic carbocycles. The van der Waals surface area contributed by atoms with Gasteiger partial charge in [-0.05, 0) is 70.6 Å². The highest BCUT2D eigenvalue weighted by Gasteiger charge is 2.27. The minimum atomic E-state index is -4.34. The maximum absolute atomic E-state index is 12.9. The zero-order valence-corrected chi connectivity index (χ0v) is 46.2. The Balaban J connectivity index is 3.86. The lowest BCUT2D eigenvalue weighted by atomic mass is 10.0. The molecule has 0 bridgehead atoms. The first-order valence-corrected chi connectivity index (χ1v) is 30.2. The Bertz CT molecular complexity index is 1290. The Morgan fingerprint density at radius 1 is 0.500 bits per heavy atom. The maximum atomic E-state index is 12.9. The minimum Gasteiger partial charge on any atom is -0.387 e. The number of hydrogen-bond donors (Lipinski definition) is 3. The van der Waals surface area contributed by atoms with Crippen LogP contribution >= 0.6 is 7.82 Å². The molecule has 0 aliphatic carbocycles. The van der Waals surface area contributed by atoms with E-state index >= 15 is 0 Å². The number of phosphoric ester groups is 1. The quantitative estimate of drug-likeness (QED) is 0.0243. The molecule has 0 aromatic heterocycles. The fourth-order valence-electron chi connectivity index (χ4n) is 8.18. The first-order valence-electron chi connectivity index (χ1n) is 28.7. The summed E-state index contributed by atoms with van der Waals surface area (Å²) in [6, 6.07) is -0.861. The molecule has 1 amide bonds. The summed E-state index contributed by atoms with van der Waals surface area (Å²) in [7, 11) is 1.55. The number of aliphatic hydroxyl groups excluding tert-OH is 1. The molecule has 0 heterocycles. The van der Waals surface area contributed by atoms with Gasteiger partial charge in [-0.1, -0.05) is 242 Å². The molecule has 0 spiro atoms. The van der Waals surface area contributed by atoms with Gasteiger partial charge in [-0.2, -0.15) is 0 Å². The van der Waals surface area contributed by atoms with Crippen LogP contribution in [0.25, 0.3) is 0 Å². The van der Waals surface area contributed by atoms with Gasteiger partial charge in [0.25, 0.3) is 0 Å². The Labute approximate surface area is 422 Å². The number of unbranched alkanes of at least 4 members (excludes halogenated alkanes) is 31. The predicted molar refractivity (Wildman–Crippen MR) is 295 cm³/mol. The fraction of sp³-hybridized carbons (Fsp3) is 0.814. The summed E-state index contributed by atoms with van der Waals surface area (Å²) in [5, 5.41) is 13.8. The van der Waals surface area contributed by atoms with Gasteiger partial charge in [0.05, 0.1) is 39.9 Å². The van der Waals surface area contributed by atoms with E-state index in [-0.39, 0.29) is 19.1 Å². The number of nitrogens with zero attached hydrogens (tertiary/aromatic N) is 1. The average molecular weight is 977 g/mol. The molecule has 0 saturated heterocycles. The third kappa shape index (κ3) is 52.0. The number of allylic oxidation sites excluding steroid dienone is 9. The van der Waals surface area contributed by atoms with E-state index in [4.69, 9.17) is 9.05 Å². The summed E-state index contributed by atoms with van der Waals surface area (Å²) < 4.78 is 23.5. The van der Waals surface area contributed by atoms with Crippen LogP contribution in [0, 0.1) is 0 Å². The topological polar surface area (TPSA) is 105 Å². The summed E-state index contributed by atoms with van der Waals surface area (Å²) in [6.07, 6.45) is 67.9. The highest BCUT2D eigenvalue weighted by atomic mass is 31.2. The van der Waals surface area contributed by atoms with Crippen molar-refractivity contribution in [1.82, 2.24) is 5.32 Å². The number of carbonyl (C=O) groups excluding carboxylic acids is 1. The molecule has 3 atom stereocenters. The van der Waals surface area contributed by atoms with Gasteiger partial charge in [0, 0.05) is 6.42 Å². The molecule has 0 aromatic rings. The van der Waals surface area contributed by atoms with E-state index in [1.54, 1.807) is 6.08 Å². The number of phosphoric acid groups is 1. The van der Waals surface area contributed by atoms with Crippen LogP contribution in [0.4, 0.5) is 0 Å². The molecular formula is C59H112N2O6P+. The number of quaternary nitrogens is 1. The summed E-state index contributed by atoms with van der Waals surface area (Å²) >= 11 is 0. The molecule has 0 aliphatic rings. The molecule has 9 heteroatoms. The van der Waals surface area contributed by atoms with Crippen molar-refractivity contribution in [2.75, 3.05) is 40.9 Å². The maximum Gasteiger partial charge on any atom is 0.472 e. The molecule has 8 nitrogen and oxygen atoms in total. The molecule has 0 aliphatic heterocycles. The molecule has 3 unspecified atom stereocenters. The van der Waals surface area contributed by atoms with Crippen molar-refractivity contribution >= 4 is 13.7 Å². The summed E-state index contributed by atoms with van der Waals surface area (Å²) in [4.78, 5) is 23.1. The largest absolute Gasteiger partial charge is 0.472 e. The Morgan fingerprint density at radius 2 is 0.853 bits per heavy atom. The molecule has 0 radical (unpaired) electrons. The molecule has 3 N–H and O–H groups in total. The third-order valence-electron chi connectivity index (χ3n) is 12.7. The van der Waals surface area contributed by atoms with Gasteiger partial charge in [-0.15, -0.1) is 0 Å². The Morgan fingerprint density at radius 3 is 1.31 bits per heavy atom. The smallest absolute Gasteiger partial charge is 0.387 e. The standard InChI is InChI=1S/C59H111N2O6P/c1-6-8-10-12-14-16-17-18-19-20-21-22-23-24-25-26-27-28-29-30-31-32-33-34-35-36-37-38-39-40-41-42-43-45-47-49-51-53-59(63)60-57(56-67-68(64,65)66-55-54-61(3,4)5)58(62)52-50-48-46-44-15-13-11-9-7-2/h15,17-18,20-21,23-24,44,50,52,57-58,62H,6-14,16,19,22,25-43,45-49,51,53-56H2,1-5H3,(H-,60,63,64,65)/p+1/b18-17-,21-20-,24-23-,44-15+,52-50+. The van der Waals surface area contributed by atoms with Crippen molar-refractivity contribution < 1.29 is 32.9 Å². The van der Waals surface area contributed by atoms with E-state index in [2.05, 4.69) is 67.8 Å². The number of carbonyl (C=O) groups is 1. The SMILES string of the molecule is CCCCC/C=C/CC/C=C/C(O)C(COP(=O)(O)OCC[N+](C)(C)C)NC(=O)CCCCCCCCCCCCCCCCCCCCCCCC/C=C\C/C=C\C/C=C\CCCCCCC. The highest BCUT2D eigenvalue weighted by molar-refractivity contribution is 7.47. The number of nitrogens with one attached hydrogen (secondary N) is 1. The average Bonchev–Trinajstić information content (AvgIpc) is 3.30. The van der Waals surface area contributed by atoms with E-state index in [0.29, 0.717) is 17.4 Å². The van der Waals surface area contributed by atoms with Gasteiger partial charge < -0.3 is 19.8 Å². The van der Waals surface area contributed by atoms with E-state index < -0.39 is 20.0 Å². The van der Waals surface area contributed by atoms with Crippen molar-refractivity contribution in [2.24, 2.45) is 0 Å². The van der Waals surface area contributed by atoms with Crippen LogP contribution in [0.3, 0.4) is 0 Å². The second-order valence-corrected chi connectivity index (χ2v) is 22.1. The highest BCUT2D eigenvalue weighted by Crippen LogP contribution is 2.43. The first kappa shape index (κ1) is 66.2. The number of rotatable bonds is 52. The Hall–Kier alpha value is -1.80. The van der Waals surface area contributed by atoms with Crippen molar-refractivity contribution in [3.63, 3.8) is 0 Å². The van der Waals surface area contributed by atoms with Gasteiger partial charge in [0.1, 0.15) is 13.2 Å². The lowest BCUT2D eigenvalue weighted by Crippen LogP contribution is -2.45. The zero-order valence-electron chi connectivity index (χ0n) is 45.3. The van der Waals surface area contributed by atoms with Crippen LogP contribution < -0.4 is 5.32 Å². The molecule has 68 heavy (non-hydrogen) atoms. The third-order valence-corrected chi connectivity index (χ3v) is 13.7. The molecular weight excluding hydrogens is 864 g/mol. The van der Waals surface area contributed by atoms with E-state index in [1.807, 2.05) is 27.2 Å². The minimum absolute atomic E-state index is 0.0557. The fourth-order valence-corrected chi connectivity index (χ4v) is 8.92.